The molecule has 20 heavy (non-hydrogen) atoms. The molecule has 2 saturated carbocycles. The van der Waals surface area contributed by atoms with E-state index >= 15 is 0 Å². The van der Waals surface area contributed by atoms with Gasteiger partial charge in [0.1, 0.15) is 0 Å². The number of primary sulfonamides is 1. The summed E-state index contributed by atoms with van der Waals surface area (Å²) < 4.78 is 22.9. The van der Waals surface area contributed by atoms with Gasteiger partial charge in [-0.3, -0.25) is 4.79 Å². The summed E-state index contributed by atoms with van der Waals surface area (Å²) in [5, 5.41) is 5.16. The normalized spacial score (nSPS) is 19.1. The monoisotopic (exact) mass is 314 g/mol. The average Bonchev–Trinajstić information content (AvgIpc) is 3.23. The molecule has 0 saturated heterocycles. The van der Waals surface area contributed by atoms with Crippen LogP contribution < -0.4 is 5.14 Å². The van der Waals surface area contributed by atoms with Crippen LogP contribution in [0.25, 0.3) is 0 Å². The molecule has 0 aromatic carbocycles. The van der Waals surface area contributed by atoms with E-state index in [1.54, 1.807) is 6.92 Å². The Labute approximate surface area is 122 Å². The molecule has 2 aliphatic rings. The number of thiophene rings is 1. The van der Waals surface area contributed by atoms with Gasteiger partial charge < -0.3 is 4.90 Å². The van der Waals surface area contributed by atoms with Gasteiger partial charge in [0.2, 0.25) is 10.0 Å². The van der Waals surface area contributed by atoms with Crippen molar-refractivity contribution in [3.05, 3.63) is 15.8 Å². The zero-order valence-electron chi connectivity index (χ0n) is 11.3. The van der Waals surface area contributed by atoms with E-state index < -0.39 is 10.0 Å². The number of nitrogens with two attached hydrogens (primary N) is 1. The first-order valence-electron chi connectivity index (χ1n) is 6.80. The van der Waals surface area contributed by atoms with Crippen LogP contribution in [0.15, 0.2) is 11.0 Å². The van der Waals surface area contributed by atoms with E-state index in [1.165, 1.54) is 30.2 Å². The smallest absolute Gasteiger partial charge is 0.264 e. The maximum Gasteiger partial charge on any atom is 0.264 e. The highest BCUT2D eigenvalue weighted by Gasteiger charge is 2.37. The Kier molecular flexibility index (Phi) is 3.38. The second kappa shape index (κ2) is 4.82. The number of hydrogen-bond donors (Lipinski definition) is 1. The van der Waals surface area contributed by atoms with E-state index in [1.807, 2.05) is 4.90 Å². The van der Waals surface area contributed by atoms with Crippen molar-refractivity contribution in [1.82, 2.24) is 4.90 Å². The van der Waals surface area contributed by atoms with Gasteiger partial charge in [0, 0.05) is 17.5 Å². The maximum atomic E-state index is 12.6. The van der Waals surface area contributed by atoms with Crippen molar-refractivity contribution in [2.45, 2.75) is 43.5 Å². The van der Waals surface area contributed by atoms with Gasteiger partial charge >= 0.3 is 0 Å². The lowest BCUT2D eigenvalue weighted by Gasteiger charge is -2.21. The van der Waals surface area contributed by atoms with Crippen LogP contribution >= 0.6 is 11.3 Å². The van der Waals surface area contributed by atoms with Gasteiger partial charge in [-0.15, -0.1) is 11.3 Å². The van der Waals surface area contributed by atoms with Gasteiger partial charge in [0.05, 0.1) is 9.77 Å². The molecule has 3 rings (SSSR count). The van der Waals surface area contributed by atoms with E-state index in [9.17, 15) is 13.2 Å². The second-order valence-corrected chi connectivity index (χ2v) is 8.49. The van der Waals surface area contributed by atoms with Crippen LogP contribution in [0.4, 0.5) is 0 Å². The molecule has 1 amide bonds. The molecule has 0 aliphatic heterocycles. The van der Waals surface area contributed by atoms with E-state index in [2.05, 4.69) is 0 Å². The van der Waals surface area contributed by atoms with Gasteiger partial charge in [-0.25, -0.2) is 13.6 Å². The van der Waals surface area contributed by atoms with Gasteiger partial charge in [0.15, 0.2) is 0 Å². The number of hydrogen-bond acceptors (Lipinski definition) is 4. The second-order valence-electron chi connectivity index (χ2n) is 5.71. The summed E-state index contributed by atoms with van der Waals surface area (Å²) >= 11 is 1.22. The van der Waals surface area contributed by atoms with Crippen LogP contribution in [0.1, 0.15) is 40.2 Å². The highest BCUT2D eigenvalue weighted by Crippen LogP contribution is 2.36. The number of aryl methyl sites for hydroxylation is 1. The Hall–Kier alpha value is -0.920. The summed E-state index contributed by atoms with van der Waals surface area (Å²) in [7, 11) is -3.75. The molecule has 110 valence electrons. The molecule has 2 N–H and O–H groups in total. The third kappa shape index (κ3) is 2.89. The molecule has 0 spiro atoms. The number of carbonyl (C=O) groups excluding carboxylic acids is 1. The minimum atomic E-state index is -3.75. The molecule has 5 nitrogen and oxygen atoms in total. The van der Waals surface area contributed by atoms with Gasteiger partial charge in [0.25, 0.3) is 5.91 Å². The minimum absolute atomic E-state index is 0.0394. The molecule has 7 heteroatoms. The van der Waals surface area contributed by atoms with Crippen molar-refractivity contribution in [3.8, 4) is 0 Å². The molecule has 2 aliphatic carbocycles. The summed E-state index contributed by atoms with van der Waals surface area (Å²) in [4.78, 5) is 15.7. The standard InChI is InChI=1S/C13H18N2O3S2/c1-8-12(20(14,17)18)6-11(19-8)13(16)15(10-4-5-10)7-9-2-3-9/h6,9-10H,2-5,7H2,1H3,(H2,14,17,18). The number of carbonyl (C=O) groups is 1. The van der Waals surface area contributed by atoms with Crippen molar-refractivity contribution in [1.29, 1.82) is 0 Å². The summed E-state index contributed by atoms with van der Waals surface area (Å²) in [6.07, 6.45) is 4.51. The van der Waals surface area contributed by atoms with E-state index in [0.29, 0.717) is 21.7 Å². The third-order valence-corrected chi connectivity index (χ3v) is 5.99. The molecular weight excluding hydrogens is 296 g/mol. The molecule has 0 atom stereocenters. The molecule has 1 aromatic heterocycles. The third-order valence-electron chi connectivity index (χ3n) is 3.79. The molecule has 0 unspecified atom stereocenters. The first-order chi connectivity index (χ1) is 9.36. The van der Waals surface area contributed by atoms with Gasteiger partial charge in [-0.05, 0) is 44.6 Å². The first-order valence-corrected chi connectivity index (χ1v) is 9.16. The highest BCUT2D eigenvalue weighted by atomic mass is 32.2. The molecule has 1 heterocycles. The van der Waals surface area contributed by atoms with Gasteiger partial charge in [-0.2, -0.15) is 0 Å². The Bertz CT molecular complexity index is 643. The quantitative estimate of drug-likeness (QED) is 0.898. The van der Waals surface area contributed by atoms with Crippen molar-refractivity contribution in [2.24, 2.45) is 11.1 Å². The highest BCUT2D eigenvalue weighted by molar-refractivity contribution is 7.89. The molecular formula is C13H18N2O3S2. The fourth-order valence-corrected chi connectivity index (χ4v) is 4.46. The van der Waals surface area contributed by atoms with E-state index in [0.717, 1.165) is 19.4 Å². The summed E-state index contributed by atoms with van der Waals surface area (Å²) in [6, 6.07) is 1.78. The predicted octanol–water partition coefficient (Wildman–Crippen LogP) is 1.72. The summed E-state index contributed by atoms with van der Waals surface area (Å²) in [5.41, 5.74) is 0. The van der Waals surface area contributed by atoms with Crippen molar-refractivity contribution in [2.75, 3.05) is 6.54 Å². The summed E-state index contributed by atoms with van der Waals surface area (Å²) in [5.74, 6) is 0.598. The van der Waals surface area contributed by atoms with E-state index in [-0.39, 0.29) is 10.8 Å². The SMILES string of the molecule is Cc1sc(C(=O)N(CC2CC2)C2CC2)cc1S(N)(=O)=O. The Morgan fingerprint density at radius 3 is 2.50 bits per heavy atom. The van der Waals surface area contributed by atoms with E-state index in [4.69, 9.17) is 5.14 Å². The Morgan fingerprint density at radius 2 is 2.05 bits per heavy atom. The van der Waals surface area contributed by atoms with Gasteiger partial charge in [-0.1, -0.05) is 0 Å². The number of rotatable bonds is 5. The fourth-order valence-electron chi connectivity index (χ4n) is 2.36. The fraction of sp³-hybridized carbons (Fsp3) is 0.615. The van der Waals surface area contributed by atoms with Crippen LogP contribution in [0.3, 0.4) is 0 Å². The molecule has 0 radical (unpaired) electrons. The van der Waals surface area contributed by atoms with Crippen LogP contribution in [0.5, 0.6) is 0 Å². The Morgan fingerprint density at radius 1 is 1.40 bits per heavy atom. The Balaban J connectivity index is 1.85. The van der Waals surface area contributed by atoms with Crippen molar-refractivity contribution < 1.29 is 13.2 Å². The molecule has 1 aromatic rings. The molecule has 0 bridgehead atoms. The zero-order chi connectivity index (χ0) is 14.5. The first kappa shape index (κ1) is 14.0. The average molecular weight is 314 g/mol. The van der Waals surface area contributed by atoms with Crippen LogP contribution in [0.2, 0.25) is 0 Å². The topological polar surface area (TPSA) is 80.5 Å². The van der Waals surface area contributed by atoms with Crippen molar-refractivity contribution >= 4 is 27.3 Å². The zero-order valence-corrected chi connectivity index (χ0v) is 13.0. The molecule has 2 fully saturated rings. The lowest BCUT2D eigenvalue weighted by atomic mass is 10.3. The largest absolute Gasteiger partial charge is 0.335 e. The lowest BCUT2D eigenvalue weighted by molar-refractivity contribution is 0.0739. The summed E-state index contributed by atoms with van der Waals surface area (Å²) in [6.45, 7) is 2.49. The minimum Gasteiger partial charge on any atom is -0.335 e. The number of amides is 1. The van der Waals surface area contributed by atoms with Crippen LogP contribution in [-0.4, -0.2) is 31.8 Å². The lowest BCUT2D eigenvalue weighted by Crippen LogP contribution is -2.34. The van der Waals surface area contributed by atoms with Crippen LogP contribution in [-0.2, 0) is 10.0 Å². The maximum absolute atomic E-state index is 12.6. The van der Waals surface area contributed by atoms with Crippen LogP contribution in [0, 0.1) is 12.8 Å². The number of sulfonamides is 1. The van der Waals surface area contributed by atoms with Crippen molar-refractivity contribution in [3.63, 3.8) is 0 Å². The predicted molar refractivity (Wildman–Crippen MR) is 77.2 cm³/mol. The number of nitrogens with zero attached hydrogens (tertiary/aromatic N) is 1.